The van der Waals surface area contributed by atoms with E-state index in [1.54, 1.807) is 0 Å². The van der Waals surface area contributed by atoms with Gasteiger partial charge in [0.15, 0.2) is 0 Å². The van der Waals surface area contributed by atoms with Gasteiger partial charge in [-0.2, -0.15) is 0 Å². The van der Waals surface area contributed by atoms with E-state index in [1.807, 2.05) is 0 Å². The molecule has 0 heterocycles. The van der Waals surface area contributed by atoms with Gasteiger partial charge in [0.1, 0.15) is 0 Å². The van der Waals surface area contributed by atoms with Crippen LogP contribution in [-0.4, -0.2) is 29.0 Å². The molecule has 132 valence electrons. The van der Waals surface area contributed by atoms with E-state index in [1.165, 1.54) is 49.7 Å². The van der Waals surface area contributed by atoms with Gasteiger partial charge in [-0.1, -0.05) is 63.3 Å². The van der Waals surface area contributed by atoms with Crippen LogP contribution in [0.15, 0.2) is 24.3 Å². The Morgan fingerprint density at radius 3 is 2.00 bits per heavy atom. The van der Waals surface area contributed by atoms with Crippen LogP contribution < -0.4 is 5.73 Å². The number of aryl methyl sites for hydroxylation is 2. The lowest BCUT2D eigenvalue weighted by atomic mass is 9.91. The molecular formula is C20H35NO2. The fourth-order valence-corrected chi connectivity index (χ4v) is 2.90. The van der Waals surface area contributed by atoms with E-state index in [0.29, 0.717) is 12.8 Å². The summed E-state index contributed by atoms with van der Waals surface area (Å²) in [5, 5.41) is 19.3. The molecule has 4 N–H and O–H groups in total. The van der Waals surface area contributed by atoms with Gasteiger partial charge in [0.25, 0.3) is 0 Å². The maximum absolute atomic E-state index is 10.3. The van der Waals surface area contributed by atoms with Crippen LogP contribution in [0, 0.1) is 0 Å². The van der Waals surface area contributed by atoms with E-state index >= 15 is 0 Å². The summed E-state index contributed by atoms with van der Waals surface area (Å²) in [6.07, 6.45) is 10.9. The van der Waals surface area contributed by atoms with Crippen LogP contribution in [0.3, 0.4) is 0 Å². The third kappa shape index (κ3) is 8.50. The van der Waals surface area contributed by atoms with Crippen LogP contribution in [0.1, 0.15) is 69.4 Å². The third-order valence-corrected chi connectivity index (χ3v) is 4.68. The molecule has 0 aliphatic carbocycles. The van der Waals surface area contributed by atoms with E-state index in [0.717, 1.165) is 12.8 Å². The van der Waals surface area contributed by atoms with E-state index in [-0.39, 0.29) is 13.2 Å². The average Bonchev–Trinajstić information content (AvgIpc) is 2.57. The largest absolute Gasteiger partial charge is 0.396 e. The van der Waals surface area contributed by atoms with Crippen molar-refractivity contribution < 1.29 is 10.2 Å². The van der Waals surface area contributed by atoms with Crippen molar-refractivity contribution in [3.8, 4) is 0 Å². The Balaban J connectivity index is 2.30. The molecule has 0 saturated heterocycles. The molecule has 0 amide bonds. The lowest BCUT2D eigenvalue weighted by molar-refractivity contribution is 0.0164. The van der Waals surface area contributed by atoms with Crippen molar-refractivity contribution in [3.63, 3.8) is 0 Å². The Morgan fingerprint density at radius 2 is 1.43 bits per heavy atom. The smallest absolute Gasteiger partial charge is 0.0794 e. The molecule has 23 heavy (non-hydrogen) atoms. The molecule has 0 aliphatic heterocycles. The van der Waals surface area contributed by atoms with Crippen molar-refractivity contribution in [3.05, 3.63) is 35.4 Å². The molecule has 0 unspecified atom stereocenters. The van der Waals surface area contributed by atoms with Gasteiger partial charge in [-0.25, -0.2) is 0 Å². The molecule has 1 aromatic carbocycles. The number of rotatable bonds is 13. The second-order valence-corrected chi connectivity index (χ2v) is 6.74. The summed E-state index contributed by atoms with van der Waals surface area (Å²) in [6.45, 7) is 2.42. The van der Waals surface area contributed by atoms with Crippen LogP contribution in [-0.2, 0) is 12.8 Å². The summed E-state index contributed by atoms with van der Waals surface area (Å²) in [5.41, 5.74) is 7.30. The van der Waals surface area contributed by atoms with Crippen LogP contribution >= 0.6 is 0 Å². The molecule has 0 saturated carbocycles. The van der Waals surface area contributed by atoms with E-state index in [2.05, 4.69) is 31.2 Å². The first-order chi connectivity index (χ1) is 11.1. The lowest BCUT2D eigenvalue weighted by Gasteiger charge is -2.25. The number of unbranched alkanes of at least 4 members (excludes halogenated alkanes) is 5. The Bertz CT molecular complexity index is 405. The maximum Gasteiger partial charge on any atom is 0.0794 e. The average molecular weight is 322 g/mol. The molecule has 0 aliphatic rings. The second-order valence-electron chi connectivity index (χ2n) is 6.74. The van der Waals surface area contributed by atoms with Crippen molar-refractivity contribution in [2.75, 3.05) is 13.2 Å². The zero-order chi connectivity index (χ0) is 17.0. The molecule has 0 radical (unpaired) electrons. The minimum absolute atomic E-state index is 0.0229. The van der Waals surface area contributed by atoms with Gasteiger partial charge in [0.05, 0.1) is 5.60 Å². The quantitative estimate of drug-likeness (QED) is 0.486. The molecule has 1 aromatic rings. The maximum atomic E-state index is 10.3. The first-order valence-electron chi connectivity index (χ1n) is 9.24. The SMILES string of the molecule is CCCCCCCCc1ccc(CC[C@](O)(CN)CCO)cc1. The normalized spacial score (nSPS) is 13.9. The Labute approximate surface area is 141 Å². The fourth-order valence-electron chi connectivity index (χ4n) is 2.90. The Morgan fingerprint density at radius 1 is 0.870 bits per heavy atom. The third-order valence-electron chi connectivity index (χ3n) is 4.68. The number of aliphatic hydroxyl groups excluding tert-OH is 1. The van der Waals surface area contributed by atoms with E-state index < -0.39 is 5.60 Å². The standard InChI is InChI=1S/C20H35NO2/c1-2-3-4-5-6-7-8-18-9-11-19(12-10-18)13-14-20(23,17-21)15-16-22/h9-12,22-23H,2-8,13-17,21H2,1H3/t20-/m1/s1. The van der Waals surface area contributed by atoms with Gasteiger partial charge >= 0.3 is 0 Å². The highest BCUT2D eigenvalue weighted by Gasteiger charge is 2.23. The van der Waals surface area contributed by atoms with Crippen LogP contribution in [0.4, 0.5) is 0 Å². The van der Waals surface area contributed by atoms with Crippen molar-refractivity contribution in [1.29, 1.82) is 0 Å². The van der Waals surface area contributed by atoms with Crippen LogP contribution in [0.5, 0.6) is 0 Å². The topological polar surface area (TPSA) is 66.5 Å². The summed E-state index contributed by atoms with van der Waals surface area (Å²) in [4.78, 5) is 0. The monoisotopic (exact) mass is 321 g/mol. The minimum Gasteiger partial charge on any atom is -0.396 e. The van der Waals surface area contributed by atoms with Crippen LogP contribution in [0.25, 0.3) is 0 Å². The molecule has 0 fully saturated rings. The fraction of sp³-hybridized carbons (Fsp3) is 0.700. The number of hydrogen-bond donors (Lipinski definition) is 3. The van der Waals surface area contributed by atoms with Gasteiger partial charge in [-0.05, 0) is 36.8 Å². The van der Waals surface area contributed by atoms with Crippen molar-refractivity contribution >= 4 is 0 Å². The van der Waals surface area contributed by atoms with Gasteiger partial charge in [0.2, 0.25) is 0 Å². The van der Waals surface area contributed by atoms with Gasteiger partial charge in [-0.3, -0.25) is 0 Å². The first-order valence-corrected chi connectivity index (χ1v) is 9.24. The zero-order valence-corrected chi connectivity index (χ0v) is 14.8. The highest BCUT2D eigenvalue weighted by molar-refractivity contribution is 5.23. The van der Waals surface area contributed by atoms with Crippen molar-refractivity contribution in [1.82, 2.24) is 0 Å². The number of benzene rings is 1. The first kappa shape index (κ1) is 20.1. The predicted octanol–water partition coefficient (Wildman–Crippen LogP) is 3.59. The highest BCUT2D eigenvalue weighted by atomic mass is 16.3. The molecular weight excluding hydrogens is 286 g/mol. The summed E-state index contributed by atoms with van der Waals surface area (Å²) < 4.78 is 0. The molecule has 3 heteroatoms. The summed E-state index contributed by atoms with van der Waals surface area (Å²) in [5.74, 6) is 0. The number of aliphatic hydroxyl groups is 2. The van der Waals surface area contributed by atoms with E-state index in [9.17, 15) is 5.11 Å². The second kappa shape index (κ2) is 11.6. The number of hydrogen-bond acceptors (Lipinski definition) is 3. The summed E-state index contributed by atoms with van der Waals surface area (Å²) >= 11 is 0. The molecule has 1 atom stereocenters. The highest BCUT2D eigenvalue weighted by Crippen LogP contribution is 2.18. The zero-order valence-electron chi connectivity index (χ0n) is 14.8. The Hall–Kier alpha value is -0.900. The van der Waals surface area contributed by atoms with Crippen LogP contribution in [0.2, 0.25) is 0 Å². The summed E-state index contributed by atoms with van der Waals surface area (Å²) in [6, 6.07) is 8.72. The van der Waals surface area contributed by atoms with Gasteiger partial charge in [-0.15, -0.1) is 0 Å². The van der Waals surface area contributed by atoms with Gasteiger partial charge < -0.3 is 15.9 Å². The minimum atomic E-state index is -0.939. The molecule has 3 nitrogen and oxygen atoms in total. The molecule has 0 bridgehead atoms. The van der Waals surface area contributed by atoms with Gasteiger partial charge in [0, 0.05) is 19.6 Å². The van der Waals surface area contributed by atoms with E-state index in [4.69, 9.17) is 10.8 Å². The predicted molar refractivity (Wildman–Crippen MR) is 97.6 cm³/mol. The number of nitrogens with two attached hydrogens (primary N) is 1. The molecule has 0 aromatic heterocycles. The molecule has 0 spiro atoms. The molecule has 1 rings (SSSR count). The Kier molecular flexibility index (Phi) is 10.2. The summed E-state index contributed by atoms with van der Waals surface area (Å²) in [7, 11) is 0. The van der Waals surface area contributed by atoms with Crippen molar-refractivity contribution in [2.24, 2.45) is 5.73 Å². The van der Waals surface area contributed by atoms with Crippen molar-refractivity contribution in [2.45, 2.75) is 76.7 Å². The lowest BCUT2D eigenvalue weighted by Crippen LogP contribution is -2.39.